The second-order valence-electron chi connectivity index (χ2n) is 0.529. The summed E-state index contributed by atoms with van der Waals surface area (Å²) in [6.07, 6.45) is 0. The number of hydrogen-bond donors (Lipinski definition) is 3. The van der Waals surface area contributed by atoms with Crippen LogP contribution in [0.4, 0.5) is 0 Å². The maximum absolute atomic E-state index is 8.11. The zero-order valence-corrected chi connectivity index (χ0v) is 3.61. The van der Waals surface area contributed by atoms with Gasteiger partial charge < -0.3 is 15.4 Å². The van der Waals surface area contributed by atoms with Crippen molar-refractivity contribution < 1.29 is 15.4 Å². The molecule has 0 fully saturated rings. The van der Waals surface area contributed by atoms with Crippen molar-refractivity contribution in [2.75, 3.05) is 13.2 Å². The highest BCUT2D eigenvalue weighted by molar-refractivity contribution is 4.06. The zero-order chi connectivity index (χ0) is 6.12. The van der Waals surface area contributed by atoms with Crippen LogP contribution in [0.3, 0.4) is 0 Å². The molecule has 7 heavy (non-hydrogen) atoms. The third-order valence-electron chi connectivity index (χ3n) is 0.1000. The Labute approximate surface area is 40.1 Å². The van der Waals surface area contributed by atoms with E-state index in [0.29, 0.717) is 0 Å². The predicted octanol–water partition coefficient (Wildman–Crippen LogP) is -0.887. The van der Waals surface area contributed by atoms with Gasteiger partial charge in [-0.1, -0.05) is 0 Å². The largest absolute Gasteiger partial charge is 0.394 e. The SMILES string of the molecule is O=NO.OCCO. The van der Waals surface area contributed by atoms with Crippen LogP contribution in [-0.4, -0.2) is 28.6 Å². The van der Waals surface area contributed by atoms with Gasteiger partial charge in [-0.05, 0) is 0 Å². The molecule has 0 rings (SSSR count). The number of rotatable bonds is 1. The second kappa shape index (κ2) is 18.4. The summed E-state index contributed by atoms with van der Waals surface area (Å²) in [7, 11) is 0. The Balaban J connectivity index is 0. The molecule has 5 nitrogen and oxygen atoms in total. The third kappa shape index (κ3) is 573. The van der Waals surface area contributed by atoms with Gasteiger partial charge in [0.2, 0.25) is 0 Å². The monoisotopic (exact) mass is 109 g/mol. The van der Waals surface area contributed by atoms with Gasteiger partial charge in [0.05, 0.1) is 13.2 Å². The molecule has 5 heteroatoms. The molecule has 0 saturated carbocycles. The lowest BCUT2D eigenvalue weighted by Gasteiger charge is -1.70. The maximum atomic E-state index is 8.11. The highest BCUT2D eigenvalue weighted by Gasteiger charge is 1.58. The van der Waals surface area contributed by atoms with Crippen LogP contribution in [0, 0.1) is 4.91 Å². The topological polar surface area (TPSA) is 90.1 Å². The fourth-order valence-electron chi connectivity index (χ4n) is 0. The van der Waals surface area contributed by atoms with E-state index in [9.17, 15) is 0 Å². The van der Waals surface area contributed by atoms with Crippen molar-refractivity contribution in [2.24, 2.45) is 5.34 Å². The minimum Gasteiger partial charge on any atom is -0.394 e. The van der Waals surface area contributed by atoms with E-state index in [1.54, 1.807) is 0 Å². The van der Waals surface area contributed by atoms with Gasteiger partial charge in [0.15, 0.2) is 5.34 Å². The Morgan fingerprint density at radius 1 is 1.29 bits per heavy atom. The average molecular weight is 109 g/mol. The fourth-order valence-corrected chi connectivity index (χ4v) is 0. The Hall–Kier alpha value is -0.680. The Morgan fingerprint density at radius 3 is 1.43 bits per heavy atom. The van der Waals surface area contributed by atoms with Crippen molar-refractivity contribution in [2.45, 2.75) is 0 Å². The Kier molecular flexibility index (Phi) is 25.3. The summed E-state index contributed by atoms with van der Waals surface area (Å²) in [6, 6.07) is 0. The maximum Gasteiger partial charge on any atom is 0.152 e. The summed E-state index contributed by atoms with van der Waals surface area (Å²) < 4.78 is 0. The molecule has 0 radical (unpaired) electrons. The van der Waals surface area contributed by atoms with Crippen molar-refractivity contribution >= 4 is 0 Å². The van der Waals surface area contributed by atoms with Crippen molar-refractivity contribution in [3.8, 4) is 0 Å². The molecule has 0 amide bonds. The lowest BCUT2D eigenvalue weighted by atomic mass is 10.8. The van der Waals surface area contributed by atoms with Gasteiger partial charge in [-0.2, -0.15) is 0 Å². The molecule has 0 atom stereocenters. The first-order valence-corrected chi connectivity index (χ1v) is 1.52. The highest BCUT2D eigenvalue weighted by atomic mass is 16.6. The van der Waals surface area contributed by atoms with Crippen LogP contribution in [0.15, 0.2) is 5.34 Å². The van der Waals surface area contributed by atoms with Crippen LogP contribution in [0.25, 0.3) is 0 Å². The molecule has 0 heterocycles. The molecular weight excluding hydrogens is 102 g/mol. The molecule has 0 bridgehead atoms. The van der Waals surface area contributed by atoms with Gasteiger partial charge in [0, 0.05) is 0 Å². The van der Waals surface area contributed by atoms with Crippen LogP contribution >= 0.6 is 0 Å². The quantitative estimate of drug-likeness (QED) is 0.301. The summed E-state index contributed by atoms with van der Waals surface area (Å²) in [5.41, 5.74) is 0. The predicted molar refractivity (Wildman–Crippen MR) is 21.8 cm³/mol. The van der Waals surface area contributed by atoms with E-state index in [-0.39, 0.29) is 13.2 Å². The number of aliphatic hydroxyl groups excluding tert-OH is 2. The van der Waals surface area contributed by atoms with Gasteiger partial charge in [-0.25, -0.2) is 0 Å². The molecule has 0 aromatic carbocycles. The molecule has 0 aliphatic carbocycles. The molecule has 0 aliphatic rings. The molecular formula is C2H7NO4. The minimum absolute atomic E-state index is 0.125. The van der Waals surface area contributed by atoms with Crippen LogP contribution in [0.5, 0.6) is 0 Å². The van der Waals surface area contributed by atoms with E-state index < -0.39 is 0 Å². The number of hydrogen-bond acceptors (Lipinski definition) is 4. The summed E-state index contributed by atoms with van der Waals surface area (Å²) in [5.74, 6) is 0. The van der Waals surface area contributed by atoms with Gasteiger partial charge in [0.25, 0.3) is 0 Å². The summed E-state index contributed by atoms with van der Waals surface area (Å²) in [6.45, 7) is -0.250. The first-order valence-electron chi connectivity index (χ1n) is 1.52. The van der Waals surface area contributed by atoms with E-state index in [1.807, 2.05) is 0 Å². The van der Waals surface area contributed by atoms with Gasteiger partial charge >= 0.3 is 0 Å². The molecule has 0 saturated heterocycles. The summed E-state index contributed by atoms with van der Waals surface area (Å²) >= 11 is 0. The zero-order valence-electron chi connectivity index (χ0n) is 3.61. The molecule has 0 aromatic heterocycles. The van der Waals surface area contributed by atoms with Gasteiger partial charge in [0.1, 0.15) is 0 Å². The molecule has 0 spiro atoms. The van der Waals surface area contributed by atoms with Crippen molar-refractivity contribution in [3.05, 3.63) is 4.91 Å². The van der Waals surface area contributed by atoms with Crippen molar-refractivity contribution in [1.29, 1.82) is 0 Å². The average Bonchev–Trinajstić information content (AvgIpc) is 1.69. The van der Waals surface area contributed by atoms with Crippen molar-refractivity contribution in [3.63, 3.8) is 0 Å². The molecule has 3 N–H and O–H groups in total. The second-order valence-corrected chi connectivity index (χ2v) is 0.529. The third-order valence-corrected chi connectivity index (χ3v) is 0.1000. The molecule has 0 unspecified atom stereocenters. The molecule has 0 aromatic rings. The van der Waals surface area contributed by atoms with Crippen molar-refractivity contribution in [1.82, 2.24) is 0 Å². The minimum atomic E-state index is -0.125. The lowest BCUT2D eigenvalue weighted by molar-refractivity contribution is 0.186. The standard InChI is InChI=1S/C2H6O2.HNO2/c3-1-2-4;2-1-3/h3-4H,1-2H2;(H,2,3). The fraction of sp³-hybridized carbons (Fsp3) is 1.00. The van der Waals surface area contributed by atoms with E-state index in [1.165, 1.54) is 5.34 Å². The summed E-state index contributed by atoms with van der Waals surface area (Å²) in [5, 5.41) is 23.1. The normalized spacial score (nSPS) is 6.00. The van der Waals surface area contributed by atoms with Crippen LogP contribution in [0.1, 0.15) is 0 Å². The smallest absolute Gasteiger partial charge is 0.152 e. The van der Waals surface area contributed by atoms with Crippen LogP contribution in [0.2, 0.25) is 0 Å². The Morgan fingerprint density at radius 2 is 1.43 bits per heavy atom. The van der Waals surface area contributed by atoms with E-state index in [4.69, 9.17) is 20.3 Å². The number of aliphatic hydroxyl groups is 2. The van der Waals surface area contributed by atoms with E-state index in [0.717, 1.165) is 0 Å². The first-order chi connectivity index (χ1) is 3.33. The van der Waals surface area contributed by atoms with Crippen LogP contribution in [-0.2, 0) is 0 Å². The highest BCUT2D eigenvalue weighted by Crippen LogP contribution is 1.39. The molecule has 0 aliphatic heterocycles. The van der Waals surface area contributed by atoms with E-state index in [2.05, 4.69) is 0 Å². The van der Waals surface area contributed by atoms with Crippen LogP contribution < -0.4 is 0 Å². The summed E-state index contributed by atoms with van der Waals surface area (Å²) in [4.78, 5) is 8.11. The molecule has 44 valence electrons. The first kappa shape index (κ1) is 9.58. The Bertz CT molecular complexity index is 28.9. The van der Waals surface area contributed by atoms with Gasteiger partial charge in [-0.3, -0.25) is 0 Å². The lowest BCUT2D eigenvalue weighted by Crippen LogP contribution is -1.85. The van der Waals surface area contributed by atoms with E-state index >= 15 is 0 Å². The van der Waals surface area contributed by atoms with Gasteiger partial charge in [-0.15, -0.1) is 4.91 Å². The number of nitrogens with zero attached hydrogens (tertiary/aromatic N) is 1.